The second kappa shape index (κ2) is 4.27. The van der Waals surface area contributed by atoms with Crippen molar-refractivity contribution in [2.75, 3.05) is 5.32 Å². The molecule has 0 fully saturated rings. The average molecular weight is 191 g/mol. The number of nitrogens with one attached hydrogen (secondary N) is 1. The Kier molecular flexibility index (Phi) is 3.28. The summed E-state index contributed by atoms with van der Waals surface area (Å²) in [5, 5.41) is 3.23. The highest BCUT2D eigenvalue weighted by Gasteiger charge is 2.09. The zero-order valence-electron chi connectivity index (χ0n) is 9.22. The van der Waals surface area contributed by atoms with Crippen LogP contribution < -0.4 is 5.32 Å². The fraction of sp³-hybridized carbons (Fsp3) is 0.417. The van der Waals surface area contributed by atoms with Crippen molar-refractivity contribution in [3.63, 3.8) is 0 Å². The summed E-state index contributed by atoms with van der Waals surface area (Å²) >= 11 is 0. The zero-order chi connectivity index (χ0) is 10.7. The number of hydrogen-bond donors (Lipinski definition) is 1. The minimum atomic E-state index is -0.116. The second-order valence-electron chi connectivity index (χ2n) is 3.74. The van der Waals surface area contributed by atoms with Crippen molar-refractivity contribution in [3.05, 3.63) is 29.3 Å². The van der Waals surface area contributed by atoms with E-state index in [-0.39, 0.29) is 11.8 Å². The highest BCUT2D eigenvalue weighted by molar-refractivity contribution is 5.84. The van der Waals surface area contributed by atoms with Gasteiger partial charge in [0.2, 0.25) is 0 Å². The topological polar surface area (TPSA) is 29.1 Å². The van der Waals surface area contributed by atoms with E-state index in [4.69, 9.17) is 0 Å². The predicted octanol–water partition coefficient (Wildman–Crippen LogP) is 2.69. The summed E-state index contributed by atoms with van der Waals surface area (Å²) in [6, 6.07) is 5.99. The molecule has 0 radical (unpaired) electrons. The summed E-state index contributed by atoms with van der Waals surface area (Å²) in [5.41, 5.74) is 3.44. The molecule has 1 atom stereocenters. The average Bonchev–Trinajstić information content (AvgIpc) is 2.11. The Morgan fingerprint density at radius 2 is 1.79 bits per heavy atom. The monoisotopic (exact) mass is 191 g/mol. The van der Waals surface area contributed by atoms with Gasteiger partial charge in [-0.25, -0.2) is 0 Å². The van der Waals surface area contributed by atoms with E-state index in [1.165, 1.54) is 11.1 Å². The number of aryl methyl sites for hydroxylation is 2. The first kappa shape index (κ1) is 10.8. The van der Waals surface area contributed by atoms with Gasteiger partial charge >= 0.3 is 0 Å². The molecule has 0 spiro atoms. The lowest BCUT2D eigenvalue weighted by Gasteiger charge is -2.16. The van der Waals surface area contributed by atoms with Crippen molar-refractivity contribution < 1.29 is 4.79 Å². The standard InChI is InChI=1S/C12H17NO/c1-8-6-5-7-9(2)12(8)13-10(3)11(4)14/h5-7,10,13H,1-4H3/t10-/m0/s1. The number of rotatable bonds is 3. The van der Waals surface area contributed by atoms with Gasteiger partial charge in [0.25, 0.3) is 0 Å². The van der Waals surface area contributed by atoms with Gasteiger partial charge in [-0.1, -0.05) is 18.2 Å². The number of ketones is 1. The van der Waals surface area contributed by atoms with Crippen LogP contribution in [-0.2, 0) is 4.79 Å². The zero-order valence-corrected chi connectivity index (χ0v) is 9.22. The maximum absolute atomic E-state index is 11.1. The molecule has 0 aliphatic rings. The quantitative estimate of drug-likeness (QED) is 0.795. The van der Waals surface area contributed by atoms with Gasteiger partial charge in [-0.2, -0.15) is 0 Å². The molecule has 1 aromatic carbocycles. The SMILES string of the molecule is CC(=O)[C@H](C)Nc1c(C)cccc1C. The van der Waals surface area contributed by atoms with E-state index < -0.39 is 0 Å². The summed E-state index contributed by atoms with van der Waals surface area (Å²) in [6.07, 6.45) is 0. The molecule has 1 N–H and O–H groups in total. The van der Waals surface area contributed by atoms with Crippen LogP contribution in [0.25, 0.3) is 0 Å². The second-order valence-corrected chi connectivity index (χ2v) is 3.74. The molecule has 0 bridgehead atoms. The Hall–Kier alpha value is -1.31. The van der Waals surface area contributed by atoms with Gasteiger partial charge in [-0.15, -0.1) is 0 Å². The van der Waals surface area contributed by atoms with Crippen molar-refractivity contribution >= 4 is 11.5 Å². The van der Waals surface area contributed by atoms with E-state index in [9.17, 15) is 4.79 Å². The third kappa shape index (κ3) is 2.34. The lowest BCUT2D eigenvalue weighted by molar-refractivity contribution is -0.117. The summed E-state index contributed by atoms with van der Waals surface area (Å²) in [7, 11) is 0. The predicted molar refractivity (Wildman–Crippen MR) is 59.7 cm³/mol. The minimum Gasteiger partial charge on any atom is -0.375 e. The number of benzene rings is 1. The molecule has 1 rings (SSSR count). The van der Waals surface area contributed by atoms with Gasteiger partial charge < -0.3 is 5.32 Å². The Balaban J connectivity index is 2.91. The number of hydrogen-bond acceptors (Lipinski definition) is 2. The molecule has 2 heteroatoms. The van der Waals surface area contributed by atoms with Crippen LogP contribution in [-0.4, -0.2) is 11.8 Å². The van der Waals surface area contributed by atoms with Gasteiger partial charge in [0.15, 0.2) is 5.78 Å². The molecule has 0 aromatic heterocycles. The Morgan fingerprint density at radius 1 is 1.29 bits per heavy atom. The molecule has 0 amide bonds. The maximum Gasteiger partial charge on any atom is 0.151 e. The number of Topliss-reactive ketones (excluding diaryl/α,β-unsaturated/α-hetero) is 1. The largest absolute Gasteiger partial charge is 0.375 e. The van der Waals surface area contributed by atoms with Crippen LogP contribution in [0.1, 0.15) is 25.0 Å². The molecule has 0 unspecified atom stereocenters. The van der Waals surface area contributed by atoms with Gasteiger partial charge in [-0.05, 0) is 38.8 Å². The summed E-state index contributed by atoms with van der Waals surface area (Å²) in [4.78, 5) is 11.1. The van der Waals surface area contributed by atoms with E-state index in [0.717, 1.165) is 5.69 Å². The van der Waals surface area contributed by atoms with E-state index in [1.807, 2.05) is 39.0 Å². The van der Waals surface area contributed by atoms with E-state index in [1.54, 1.807) is 6.92 Å². The molecule has 0 saturated carbocycles. The Morgan fingerprint density at radius 3 is 2.21 bits per heavy atom. The van der Waals surface area contributed by atoms with Crippen LogP contribution in [0.3, 0.4) is 0 Å². The number of anilines is 1. The smallest absolute Gasteiger partial charge is 0.151 e. The van der Waals surface area contributed by atoms with E-state index in [0.29, 0.717) is 0 Å². The summed E-state index contributed by atoms with van der Waals surface area (Å²) < 4.78 is 0. The van der Waals surface area contributed by atoms with E-state index >= 15 is 0 Å². The van der Waals surface area contributed by atoms with Crippen molar-refractivity contribution in [2.24, 2.45) is 0 Å². The van der Waals surface area contributed by atoms with Crippen molar-refractivity contribution in [2.45, 2.75) is 33.7 Å². The molecule has 0 heterocycles. The highest BCUT2D eigenvalue weighted by Crippen LogP contribution is 2.20. The molecular formula is C12H17NO. The fourth-order valence-electron chi connectivity index (χ4n) is 1.36. The van der Waals surface area contributed by atoms with Gasteiger partial charge in [0.05, 0.1) is 6.04 Å². The van der Waals surface area contributed by atoms with Crippen LogP contribution in [0.2, 0.25) is 0 Å². The van der Waals surface area contributed by atoms with Crippen molar-refractivity contribution in [1.82, 2.24) is 0 Å². The molecule has 14 heavy (non-hydrogen) atoms. The van der Waals surface area contributed by atoms with Gasteiger partial charge in [0, 0.05) is 5.69 Å². The van der Waals surface area contributed by atoms with Crippen LogP contribution >= 0.6 is 0 Å². The molecule has 1 aromatic rings. The molecule has 2 nitrogen and oxygen atoms in total. The molecule has 76 valence electrons. The molecule has 0 aliphatic heterocycles. The van der Waals surface area contributed by atoms with Gasteiger partial charge in [0.1, 0.15) is 0 Å². The number of carbonyl (C=O) groups is 1. The van der Waals surface area contributed by atoms with Crippen LogP contribution in [0.4, 0.5) is 5.69 Å². The normalized spacial score (nSPS) is 12.3. The van der Waals surface area contributed by atoms with Gasteiger partial charge in [-0.3, -0.25) is 4.79 Å². The maximum atomic E-state index is 11.1. The van der Waals surface area contributed by atoms with Crippen molar-refractivity contribution in [1.29, 1.82) is 0 Å². The van der Waals surface area contributed by atoms with Crippen LogP contribution in [0.5, 0.6) is 0 Å². The highest BCUT2D eigenvalue weighted by atomic mass is 16.1. The fourth-order valence-corrected chi connectivity index (χ4v) is 1.36. The first-order valence-electron chi connectivity index (χ1n) is 4.85. The molecule has 0 saturated heterocycles. The summed E-state index contributed by atoms with van der Waals surface area (Å²) in [6.45, 7) is 7.57. The third-order valence-electron chi connectivity index (χ3n) is 2.45. The number of carbonyl (C=O) groups excluding carboxylic acids is 1. The first-order chi connectivity index (χ1) is 6.52. The first-order valence-corrected chi connectivity index (χ1v) is 4.85. The molecular weight excluding hydrogens is 174 g/mol. The lowest BCUT2D eigenvalue weighted by atomic mass is 10.1. The lowest BCUT2D eigenvalue weighted by Crippen LogP contribution is -2.24. The summed E-state index contributed by atoms with van der Waals surface area (Å²) in [5.74, 6) is 0.160. The van der Waals surface area contributed by atoms with E-state index in [2.05, 4.69) is 5.32 Å². The van der Waals surface area contributed by atoms with Crippen LogP contribution in [0.15, 0.2) is 18.2 Å². The third-order valence-corrected chi connectivity index (χ3v) is 2.45. The Labute approximate surface area is 85.3 Å². The van der Waals surface area contributed by atoms with Crippen LogP contribution in [0, 0.1) is 13.8 Å². The molecule has 0 aliphatic carbocycles. The van der Waals surface area contributed by atoms with Crippen molar-refractivity contribution in [3.8, 4) is 0 Å². The number of para-hydroxylation sites is 1. The minimum absolute atomic E-state index is 0.116. The Bertz CT molecular complexity index is 324.